The predicted octanol–water partition coefficient (Wildman–Crippen LogP) is 2.05. The highest BCUT2D eigenvalue weighted by Crippen LogP contribution is 2.29. The highest BCUT2D eigenvalue weighted by atomic mass is 19.1. The van der Waals surface area contributed by atoms with Gasteiger partial charge in [0.05, 0.1) is 19.3 Å². The molecule has 1 rings (SSSR count). The Labute approximate surface area is 81.4 Å². The molecule has 0 spiro atoms. The minimum Gasteiger partial charge on any atom is -0.493 e. The highest BCUT2D eigenvalue weighted by molar-refractivity contribution is 5.76. The van der Waals surface area contributed by atoms with Crippen molar-refractivity contribution < 1.29 is 18.7 Å². The van der Waals surface area contributed by atoms with Crippen LogP contribution >= 0.6 is 0 Å². The molecule has 0 unspecified atom stereocenters. The van der Waals surface area contributed by atoms with Gasteiger partial charge in [-0.05, 0) is 13.0 Å². The second-order valence-electron chi connectivity index (χ2n) is 2.58. The smallest absolute Gasteiger partial charge is 0.163 e. The molecule has 0 amide bonds. The van der Waals surface area contributed by atoms with Crippen molar-refractivity contribution in [3.63, 3.8) is 0 Å². The molecule has 0 fully saturated rings. The second-order valence-corrected chi connectivity index (χ2v) is 2.58. The molecule has 0 radical (unpaired) electrons. The highest BCUT2D eigenvalue weighted by Gasteiger charge is 2.10. The van der Waals surface area contributed by atoms with Gasteiger partial charge in [-0.1, -0.05) is 0 Å². The summed E-state index contributed by atoms with van der Waals surface area (Å²) in [6.07, 6.45) is 0.442. The molecular weight excluding hydrogens is 187 g/mol. The molecule has 0 heterocycles. The van der Waals surface area contributed by atoms with E-state index in [1.54, 1.807) is 6.92 Å². The topological polar surface area (TPSA) is 35.5 Å². The van der Waals surface area contributed by atoms with Crippen LogP contribution in [0.3, 0.4) is 0 Å². The van der Waals surface area contributed by atoms with Gasteiger partial charge in [0.15, 0.2) is 17.8 Å². The summed E-state index contributed by atoms with van der Waals surface area (Å²) in [7, 11) is 1.41. The van der Waals surface area contributed by atoms with Crippen LogP contribution in [0.5, 0.6) is 11.5 Å². The van der Waals surface area contributed by atoms with Crippen molar-refractivity contribution in [1.29, 1.82) is 0 Å². The molecule has 0 bridgehead atoms. The van der Waals surface area contributed by atoms with Crippen LogP contribution in [0.15, 0.2) is 12.1 Å². The molecule has 4 heteroatoms. The summed E-state index contributed by atoms with van der Waals surface area (Å²) in [6.45, 7) is 2.23. The fourth-order valence-electron chi connectivity index (χ4n) is 1.07. The third-order valence-electron chi connectivity index (χ3n) is 1.71. The van der Waals surface area contributed by atoms with Crippen molar-refractivity contribution in [2.24, 2.45) is 0 Å². The summed E-state index contributed by atoms with van der Waals surface area (Å²) in [5, 5.41) is 0. The van der Waals surface area contributed by atoms with E-state index in [1.165, 1.54) is 13.2 Å². The minimum atomic E-state index is -0.611. The minimum absolute atomic E-state index is 0.0331. The van der Waals surface area contributed by atoms with E-state index in [0.717, 1.165) is 6.07 Å². The van der Waals surface area contributed by atoms with Crippen LogP contribution in [-0.4, -0.2) is 20.0 Å². The summed E-state index contributed by atoms with van der Waals surface area (Å²) < 4.78 is 23.2. The summed E-state index contributed by atoms with van der Waals surface area (Å²) in [6, 6.07) is 2.46. The van der Waals surface area contributed by atoms with Gasteiger partial charge in [0.1, 0.15) is 5.82 Å². The van der Waals surface area contributed by atoms with Crippen LogP contribution < -0.4 is 9.47 Å². The quantitative estimate of drug-likeness (QED) is 0.694. The zero-order chi connectivity index (χ0) is 10.6. The van der Waals surface area contributed by atoms with Gasteiger partial charge in [-0.3, -0.25) is 4.79 Å². The zero-order valence-electron chi connectivity index (χ0n) is 8.04. The SMILES string of the molecule is CCOc1cc(C=O)c(F)cc1OC. The van der Waals surface area contributed by atoms with Gasteiger partial charge in [-0.25, -0.2) is 4.39 Å². The summed E-state index contributed by atoms with van der Waals surface area (Å²) >= 11 is 0. The lowest BCUT2D eigenvalue weighted by Crippen LogP contribution is -1.98. The van der Waals surface area contributed by atoms with E-state index in [4.69, 9.17) is 9.47 Å². The van der Waals surface area contributed by atoms with Crippen LogP contribution in [0.4, 0.5) is 4.39 Å². The Balaban J connectivity index is 3.17. The summed E-state index contributed by atoms with van der Waals surface area (Å²) in [4.78, 5) is 10.4. The molecule has 1 aromatic rings. The molecule has 0 aliphatic carbocycles. The number of ether oxygens (including phenoxy) is 2. The van der Waals surface area contributed by atoms with Crippen molar-refractivity contribution in [3.8, 4) is 11.5 Å². The Morgan fingerprint density at radius 3 is 2.64 bits per heavy atom. The van der Waals surface area contributed by atoms with E-state index in [2.05, 4.69) is 0 Å². The molecule has 0 saturated carbocycles. The molecule has 14 heavy (non-hydrogen) atoms. The number of carbonyl (C=O) groups excluding carboxylic acids is 1. The molecular formula is C10H11FO3. The van der Waals surface area contributed by atoms with Gasteiger partial charge in [0.25, 0.3) is 0 Å². The van der Waals surface area contributed by atoms with Crippen molar-refractivity contribution in [2.75, 3.05) is 13.7 Å². The normalized spacial score (nSPS) is 9.64. The molecule has 3 nitrogen and oxygen atoms in total. The first kappa shape index (κ1) is 10.5. The average molecular weight is 198 g/mol. The number of aldehydes is 1. The molecule has 76 valence electrons. The van der Waals surface area contributed by atoms with Gasteiger partial charge in [-0.2, -0.15) is 0 Å². The Hall–Kier alpha value is -1.58. The molecule has 0 N–H and O–H groups in total. The van der Waals surface area contributed by atoms with Gasteiger partial charge < -0.3 is 9.47 Å². The third kappa shape index (κ3) is 2.02. The van der Waals surface area contributed by atoms with Gasteiger partial charge in [0, 0.05) is 6.07 Å². The lowest BCUT2D eigenvalue weighted by atomic mass is 10.2. The van der Waals surface area contributed by atoms with E-state index >= 15 is 0 Å². The number of methoxy groups -OCH3 is 1. The standard InChI is InChI=1S/C10H11FO3/c1-3-14-10-4-7(6-12)8(11)5-9(10)13-2/h4-6H,3H2,1-2H3. The first-order chi connectivity index (χ1) is 6.72. The summed E-state index contributed by atoms with van der Waals surface area (Å²) in [5.41, 5.74) is -0.0331. The maximum Gasteiger partial charge on any atom is 0.163 e. The van der Waals surface area contributed by atoms with Crippen LogP contribution in [0, 0.1) is 5.82 Å². The Bertz CT molecular complexity index is 336. The molecule has 0 saturated heterocycles. The van der Waals surface area contributed by atoms with Crippen molar-refractivity contribution in [1.82, 2.24) is 0 Å². The monoisotopic (exact) mass is 198 g/mol. The van der Waals surface area contributed by atoms with Gasteiger partial charge in [-0.15, -0.1) is 0 Å². The number of hydrogen-bond donors (Lipinski definition) is 0. The first-order valence-corrected chi connectivity index (χ1v) is 4.18. The lowest BCUT2D eigenvalue weighted by molar-refractivity contribution is 0.111. The zero-order valence-corrected chi connectivity index (χ0v) is 8.04. The van der Waals surface area contributed by atoms with E-state index in [-0.39, 0.29) is 11.3 Å². The maximum atomic E-state index is 13.1. The molecule has 0 atom stereocenters. The molecule has 0 aromatic heterocycles. The molecule has 1 aromatic carbocycles. The Kier molecular flexibility index (Phi) is 3.45. The summed E-state index contributed by atoms with van der Waals surface area (Å²) in [5.74, 6) is 0.0498. The van der Waals surface area contributed by atoms with E-state index in [9.17, 15) is 9.18 Å². The number of benzene rings is 1. The third-order valence-corrected chi connectivity index (χ3v) is 1.71. The van der Waals surface area contributed by atoms with Crippen molar-refractivity contribution in [3.05, 3.63) is 23.5 Å². The fourth-order valence-corrected chi connectivity index (χ4v) is 1.07. The van der Waals surface area contributed by atoms with Crippen molar-refractivity contribution in [2.45, 2.75) is 6.92 Å². The number of carbonyl (C=O) groups is 1. The molecule has 0 aliphatic rings. The van der Waals surface area contributed by atoms with Crippen molar-refractivity contribution >= 4 is 6.29 Å². The van der Waals surface area contributed by atoms with Crippen LogP contribution in [0.25, 0.3) is 0 Å². The van der Waals surface area contributed by atoms with Crippen LogP contribution in [0.2, 0.25) is 0 Å². The van der Waals surface area contributed by atoms with Crippen LogP contribution in [0.1, 0.15) is 17.3 Å². The largest absolute Gasteiger partial charge is 0.493 e. The average Bonchev–Trinajstić information content (AvgIpc) is 2.20. The predicted molar refractivity (Wildman–Crippen MR) is 49.5 cm³/mol. The van der Waals surface area contributed by atoms with Crippen LogP contribution in [-0.2, 0) is 0 Å². The number of halogens is 1. The first-order valence-electron chi connectivity index (χ1n) is 4.18. The number of hydrogen-bond acceptors (Lipinski definition) is 3. The van der Waals surface area contributed by atoms with Gasteiger partial charge in [0.2, 0.25) is 0 Å². The fraction of sp³-hybridized carbons (Fsp3) is 0.300. The Morgan fingerprint density at radius 1 is 1.43 bits per heavy atom. The second kappa shape index (κ2) is 4.60. The lowest BCUT2D eigenvalue weighted by Gasteiger charge is -2.09. The van der Waals surface area contributed by atoms with E-state index < -0.39 is 5.82 Å². The van der Waals surface area contributed by atoms with E-state index in [1.807, 2.05) is 0 Å². The van der Waals surface area contributed by atoms with Gasteiger partial charge >= 0.3 is 0 Å². The Morgan fingerprint density at radius 2 is 2.14 bits per heavy atom. The molecule has 0 aliphatic heterocycles. The van der Waals surface area contributed by atoms with E-state index in [0.29, 0.717) is 18.6 Å². The number of rotatable bonds is 4. The maximum absolute atomic E-state index is 13.1.